The molecule has 2 heterocycles. The van der Waals surface area contributed by atoms with E-state index in [-0.39, 0.29) is 6.04 Å². The van der Waals surface area contributed by atoms with Gasteiger partial charge in [-0.15, -0.1) is 10.2 Å². The largest absolute Gasteiger partial charge is 0.307 e. The monoisotopic (exact) mass is 330 g/mol. The van der Waals surface area contributed by atoms with Crippen molar-refractivity contribution in [3.8, 4) is 0 Å². The fraction of sp³-hybridized carbons (Fsp3) is 0.600. The van der Waals surface area contributed by atoms with Crippen molar-refractivity contribution in [1.29, 1.82) is 0 Å². The molecule has 0 saturated heterocycles. The highest BCUT2D eigenvalue weighted by Crippen LogP contribution is 2.32. The first-order valence-corrected chi connectivity index (χ1v) is 7.17. The first-order chi connectivity index (χ1) is 8.56. The highest BCUT2D eigenvalue weighted by molar-refractivity contribution is 9.10. The van der Waals surface area contributed by atoms with Crippen molar-refractivity contribution in [3.63, 3.8) is 0 Å². The van der Waals surface area contributed by atoms with Crippen LogP contribution in [0.1, 0.15) is 42.1 Å². The van der Waals surface area contributed by atoms with E-state index in [9.17, 15) is 0 Å². The topological polar surface area (TPSA) is 68.5 Å². The average Bonchev–Trinajstić information content (AvgIpc) is 2.91. The molecular weight excluding hydrogens is 316 g/mol. The van der Waals surface area contributed by atoms with Gasteiger partial charge in [0.05, 0.1) is 22.3 Å². The molecule has 2 aromatic heterocycles. The minimum Gasteiger partial charge on any atom is -0.307 e. The maximum absolute atomic E-state index is 4.22. The summed E-state index contributed by atoms with van der Waals surface area (Å²) in [6, 6.07) is -0.00299. The van der Waals surface area contributed by atoms with Crippen molar-refractivity contribution in [3.05, 3.63) is 20.9 Å². The number of nitrogens with zero attached hydrogens (tertiary/aromatic N) is 5. The summed E-state index contributed by atoms with van der Waals surface area (Å²) >= 11 is 4.85. The molecule has 8 heteroatoms. The molecule has 18 heavy (non-hydrogen) atoms. The van der Waals surface area contributed by atoms with Crippen LogP contribution < -0.4 is 5.32 Å². The van der Waals surface area contributed by atoms with Gasteiger partial charge >= 0.3 is 0 Å². The molecule has 0 radical (unpaired) electrons. The van der Waals surface area contributed by atoms with Crippen molar-refractivity contribution in [1.82, 2.24) is 29.9 Å². The van der Waals surface area contributed by atoms with Crippen LogP contribution in [0.15, 0.2) is 4.60 Å². The van der Waals surface area contributed by atoms with Crippen molar-refractivity contribution in [2.45, 2.75) is 25.8 Å². The Bertz CT molecular complexity index is 515. The second-order valence-electron chi connectivity index (χ2n) is 4.29. The Balaban J connectivity index is 2.49. The minimum atomic E-state index is -0.00299. The molecule has 1 atom stereocenters. The Morgan fingerprint density at radius 2 is 2.06 bits per heavy atom. The van der Waals surface area contributed by atoms with Crippen molar-refractivity contribution >= 4 is 27.5 Å². The molecule has 0 amide bonds. The second kappa shape index (κ2) is 5.41. The van der Waals surface area contributed by atoms with Gasteiger partial charge in [0.2, 0.25) is 0 Å². The van der Waals surface area contributed by atoms with E-state index < -0.39 is 0 Å². The highest BCUT2D eigenvalue weighted by atomic mass is 79.9. The molecule has 2 aromatic rings. The Labute approximate surface area is 118 Å². The van der Waals surface area contributed by atoms with Crippen LogP contribution in [0.3, 0.4) is 0 Å². The molecule has 0 aliphatic heterocycles. The lowest BCUT2D eigenvalue weighted by atomic mass is 10.0. The summed E-state index contributed by atoms with van der Waals surface area (Å²) in [5.74, 6) is 0.342. The van der Waals surface area contributed by atoms with Crippen LogP contribution in [-0.2, 0) is 7.05 Å². The van der Waals surface area contributed by atoms with E-state index in [1.807, 2.05) is 14.1 Å². The highest BCUT2D eigenvalue weighted by Gasteiger charge is 2.26. The number of aromatic nitrogens is 5. The summed E-state index contributed by atoms with van der Waals surface area (Å²) in [5, 5.41) is 15.5. The molecule has 2 rings (SSSR count). The van der Waals surface area contributed by atoms with Gasteiger partial charge in [0.1, 0.15) is 0 Å². The fourth-order valence-electron chi connectivity index (χ4n) is 1.84. The van der Waals surface area contributed by atoms with Gasteiger partial charge in [0.15, 0.2) is 4.60 Å². The van der Waals surface area contributed by atoms with Crippen molar-refractivity contribution in [2.24, 2.45) is 7.05 Å². The van der Waals surface area contributed by atoms with Gasteiger partial charge < -0.3 is 5.32 Å². The molecule has 0 aliphatic rings. The molecule has 0 aliphatic carbocycles. The Hall–Kier alpha value is -0.860. The van der Waals surface area contributed by atoms with Crippen LogP contribution >= 0.6 is 27.5 Å². The Kier molecular flexibility index (Phi) is 4.08. The van der Waals surface area contributed by atoms with Crippen LogP contribution in [0.25, 0.3) is 0 Å². The summed E-state index contributed by atoms with van der Waals surface area (Å²) in [6.45, 7) is 4.23. The van der Waals surface area contributed by atoms with Crippen LogP contribution in [0.2, 0.25) is 0 Å². The van der Waals surface area contributed by atoms with Crippen LogP contribution in [-0.4, -0.2) is 31.6 Å². The maximum atomic E-state index is 4.22. The van der Waals surface area contributed by atoms with E-state index in [2.05, 4.69) is 55.0 Å². The quantitative estimate of drug-likeness (QED) is 0.926. The zero-order valence-electron chi connectivity index (χ0n) is 10.7. The molecule has 98 valence electrons. The lowest BCUT2D eigenvalue weighted by molar-refractivity contribution is 0.595. The molecule has 0 spiro atoms. The van der Waals surface area contributed by atoms with Gasteiger partial charge in [-0.05, 0) is 40.4 Å². The van der Waals surface area contributed by atoms with E-state index in [1.165, 1.54) is 11.5 Å². The van der Waals surface area contributed by atoms with Crippen molar-refractivity contribution < 1.29 is 0 Å². The number of nitrogens with one attached hydrogen (secondary N) is 1. The maximum Gasteiger partial charge on any atom is 0.153 e. The predicted octanol–water partition coefficient (Wildman–Crippen LogP) is 1.86. The Morgan fingerprint density at radius 3 is 2.56 bits per heavy atom. The third-order valence-corrected chi connectivity index (χ3v) is 4.11. The SMILES string of the molecule is CNC(c1snnc1C(C)C)c1c(Br)nnn1C. The zero-order chi connectivity index (χ0) is 13.3. The molecule has 6 nitrogen and oxygen atoms in total. The van der Waals surface area contributed by atoms with Crippen LogP contribution in [0.4, 0.5) is 0 Å². The van der Waals surface area contributed by atoms with Gasteiger partial charge in [-0.1, -0.05) is 23.5 Å². The standard InChI is InChI=1S/C10H15BrN6S/c1-5(2)6-9(18-16-13-6)7(12-3)8-10(11)14-15-17(8)4/h5,7,12H,1-4H3. The predicted molar refractivity (Wildman–Crippen MR) is 73.6 cm³/mol. The summed E-state index contributed by atoms with van der Waals surface area (Å²) in [5.41, 5.74) is 2.00. The normalized spacial score (nSPS) is 13.2. The summed E-state index contributed by atoms with van der Waals surface area (Å²) < 4.78 is 6.57. The fourth-order valence-corrected chi connectivity index (χ4v) is 3.32. The first-order valence-electron chi connectivity index (χ1n) is 5.60. The minimum absolute atomic E-state index is 0.00299. The molecule has 1 unspecified atom stereocenters. The van der Waals surface area contributed by atoms with Gasteiger partial charge in [-0.2, -0.15) is 0 Å². The third-order valence-electron chi connectivity index (χ3n) is 2.74. The van der Waals surface area contributed by atoms with E-state index >= 15 is 0 Å². The number of aryl methyl sites for hydroxylation is 1. The molecular formula is C10H15BrN6S. The zero-order valence-corrected chi connectivity index (χ0v) is 13.1. The van der Waals surface area contributed by atoms with Gasteiger partial charge in [-0.3, -0.25) is 0 Å². The van der Waals surface area contributed by atoms with Gasteiger partial charge in [0.25, 0.3) is 0 Å². The summed E-state index contributed by atoms with van der Waals surface area (Å²) in [7, 11) is 3.79. The number of rotatable bonds is 4. The average molecular weight is 331 g/mol. The molecule has 0 fully saturated rings. The van der Waals surface area contributed by atoms with E-state index in [0.29, 0.717) is 5.92 Å². The second-order valence-corrected chi connectivity index (χ2v) is 5.82. The lowest BCUT2D eigenvalue weighted by Crippen LogP contribution is -2.21. The van der Waals surface area contributed by atoms with Gasteiger partial charge in [-0.25, -0.2) is 4.68 Å². The number of halogens is 1. The summed E-state index contributed by atoms with van der Waals surface area (Å²) in [6.07, 6.45) is 0. The molecule has 0 saturated carbocycles. The first kappa shape index (κ1) is 13.6. The van der Waals surface area contributed by atoms with Crippen LogP contribution in [0, 0.1) is 0 Å². The van der Waals surface area contributed by atoms with E-state index in [1.54, 1.807) is 4.68 Å². The third kappa shape index (κ3) is 2.32. The van der Waals surface area contributed by atoms with Gasteiger partial charge in [0, 0.05) is 7.05 Å². The van der Waals surface area contributed by atoms with E-state index in [4.69, 9.17) is 0 Å². The Morgan fingerprint density at radius 1 is 1.33 bits per heavy atom. The molecule has 0 aromatic carbocycles. The lowest BCUT2D eigenvalue weighted by Gasteiger charge is -2.16. The number of hydrogen-bond donors (Lipinski definition) is 1. The molecule has 0 bridgehead atoms. The summed E-state index contributed by atoms with van der Waals surface area (Å²) in [4.78, 5) is 1.11. The molecule has 1 N–H and O–H groups in total. The smallest absolute Gasteiger partial charge is 0.153 e. The van der Waals surface area contributed by atoms with E-state index in [0.717, 1.165) is 20.9 Å². The van der Waals surface area contributed by atoms with Crippen molar-refractivity contribution in [2.75, 3.05) is 7.05 Å². The van der Waals surface area contributed by atoms with Crippen LogP contribution in [0.5, 0.6) is 0 Å². The number of hydrogen-bond acceptors (Lipinski definition) is 6.